The van der Waals surface area contributed by atoms with E-state index >= 15 is 0 Å². The van der Waals surface area contributed by atoms with Gasteiger partial charge in [-0.25, -0.2) is 4.98 Å². The van der Waals surface area contributed by atoms with Crippen LogP contribution in [0, 0.1) is 12.8 Å². The SMILES string of the molecule is Cc1ccc(C(=O)N[C@H](C(=O)Nc2nccs2)C(C)C)cc1. The van der Waals surface area contributed by atoms with E-state index in [1.54, 1.807) is 23.7 Å². The lowest BCUT2D eigenvalue weighted by atomic mass is 10.0. The monoisotopic (exact) mass is 317 g/mol. The summed E-state index contributed by atoms with van der Waals surface area (Å²) in [6.07, 6.45) is 1.62. The average Bonchev–Trinajstić information content (AvgIpc) is 2.97. The number of aryl methyl sites for hydroxylation is 1. The minimum absolute atomic E-state index is 0.0330. The highest BCUT2D eigenvalue weighted by molar-refractivity contribution is 7.13. The highest BCUT2D eigenvalue weighted by Gasteiger charge is 2.25. The molecule has 2 amide bonds. The molecular formula is C16H19N3O2S. The summed E-state index contributed by atoms with van der Waals surface area (Å²) in [4.78, 5) is 28.6. The lowest BCUT2D eigenvalue weighted by molar-refractivity contribution is -0.118. The van der Waals surface area contributed by atoms with Gasteiger partial charge in [-0.1, -0.05) is 31.5 Å². The van der Waals surface area contributed by atoms with Crippen molar-refractivity contribution in [3.63, 3.8) is 0 Å². The van der Waals surface area contributed by atoms with E-state index in [1.807, 2.05) is 32.9 Å². The predicted molar refractivity (Wildman–Crippen MR) is 88.0 cm³/mol. The number of hydrogen-bond donors (Lipinski definition) is 2. The summed E-state index contributed by atoms with van der Waals surface area (Å²) in [7, 11) is 0. The van der Waals surface area contributed by atoms with Gasteiger partial charge in [0.05, 0.1) is 0 Å². The number of hydrogen-bond acceptors (Lipinski definition) is 4. The van der Waals surface area contributed by atoms with Gasteiger partial charge in [0.25, 0.3) is 5.91 Å². The molecule has 0 aliphatic heterocycles. The number of anilines is 1. The van der Waals surface area contributed by atoms with Crippen LogP contribution in [0.2, 0.25) is 0 Å². The molecule has 116 valence electrons. The maximum atomic E-state index is 12.3. The van der Waals surface area contributed by atoms with Crippen LogP contribution in [0.15, 0.2) is 35.8 Å². The van der Waals surface area contributed by atoms with E-state index in [-0.39, 0.29) is 17.7 Å². The predicted octanol–water partition coefficient (Wildman–Crippen LogP) is 2.84. The van der Waals surface area contributed by atoms with Crippen LogP contribution in [0.25, 0.3) is 0 Å². The van der Waals surface area contributed by atoms with Crippen LogP contribution in [0.1, 0.15) is 29.8 Å². The first-order valence-electron chi connectivity index (χ1n) is 7.05. The molecule has 1 aromatic carbocycles. The van der Waals surface area contributed by atoms with Gasteiger partial charge in [-0.05, 0) is 25.0 Å². The maximum Gasteiger partial charge on any atom is 0.251 e. The zero-order chi connectivity index (χ0) is 16.1. The van der Waals surface area contributed by atoms with Crippen LogP contribution >= 0.6 is 11.3 Å². The zero-order valence-corrected chi connectivity index (χ0v) is 13.6. The number of benzene rings is 1. The average molecular weight is 317 g/mol. The minimum atomic E-state index is -0.613. The molecule has 1 aromatic heterocycles. The quantitative estimate of drug-likeness (QED) is 0.891. The molecule has 1 atom stereocenters. The largest absolute Gasteiger partial charge is 0.340 e. The Labute approximate surface area is 133 Å². The second kappa shape index (κ2) is 7.17. The standard InChI is InChI=1S/C16H19N3O2S/c1-10(2)13(15(21)19-16-17-8-9-22-16)18-14(20)12-6-4-11(3)5-7-12/h4-10,13H,1-3H3,(H,18,20)(H,17,19,21)/t13-/m0/s1. The topological polar surface area (TPSA) is 71.1 Å². The van der Waals surface area contributed by atoms with Crippen molar-refractivity contribution in [1.29, 1.82) is 0 Å². The Morgan fingerprint density at radius 3 is 2.41 bits per heavy atom. The molecule has 1 heterocycles. The van der Waals surface area contributed by atoms with Gasteiger partial charge in [0.1, 0.15) is 6.04 Å². The fraction of sp³-hybridized carbons (Fsp3) is 0.312. The molecule has 2 rings (SSSR count). The van der Waals surface area contributed by atoms with Crippen molar-refractivity contribution in [2.24, 2.45) is 5.92 Å². The van der Waals surface area contributed by atoms with Crippen molar-refractivity contribution in [3.8, 4) is 0 Å². The van der Waals surface area contributed by atoms with Gasteiger partial charge >= 0.3 is 0 Å². The second-order valence-corrected chi connectivity index (χ2v) is 6.28. The maximum absolute atomic E-state index is 12.3. The summed E-state index contributed by atoms with van der Waals surface area (Å²) in [6, 6.07) is 6.63. The number of carbonyl (C=O) groups excluding carboxylic acids is 2. The molecule has 0 aliphatic rings. The Bertz CT molecular complexity index is 636. The first-order chi connectivity index (χ1) is 10.5. The van der Waals surface area contributed by atoms with E-state index in [1.165, 1.54) is 11.3 Å². The smallest absolute Gasteiger partial charge is 0.251 e. The van der Waals surface area contributed by atoms with Crippen LogP contribution in [0.4, 0.5) is 5.13 Å². The van der Waals surface area contributed by atoms with Gasteiger partial charge in [-0.15, -0.1) is 11.3 Å². The van der Waals surface area contributed by atoms with Crippen molar-refractivity contribution < 1.29 is 9.59 Å². The lowest BCUT2D eigenvalue weighted by Crippen LogP contribution is -2.47. The molecule has 5 nitrogen and oxygen atoms in total. The highest BCUT2D eigenvalue weighted by Crippen LogP contribution is 2.13. The van der Waals surface area contributed by atoms with E-state index < -0.39 is 6.04 Å². The first kappa shape index (κ1) is 16.2. The highest BCUT2D eigenvalue weighted by atomic mass is 32.1. The third kappa shape index (κ3) is 4.14. The molecule has 0 aliphatic carbocycles. The molecule has 22 heavy (non-hydrogen) atoms. The van der Waals surface area contributed by atoms with Gasteiger partial charge in [-0.2, -0.15) is 0 Å². The number of amides is 2. The first-order valence-corrected chi connectivity index (χ1v) is 7.93. The van der Waals surface area contributed by atoms with E-state index in [0.717, 1.165) is 5.56 Å². The fourth-order valence-corrected chi connectivity index (χ4v) is 2.46. The summed E-state index contributed by atoms with van der Waals surface area (Å²) in [5, 5.41) is 7.82. The molecule has 0 unspecified atom stereocenters. The molecule has 0 bridgehead atoms. The third-order valence-electron chi connectivity index (χ3n) is 3.21. The fourth-order valence-electron chi connectivity index (χ4n) is 1.93. The van der Waals surface area contributed by atoms with Crippen LogP contribution < -0.4 is 10.6 Å². The van der Waals surface area contributed by atoms with E-state index in [4.69, 9.17) is 0 Å². The lowest BCUT2D eigenvalue weighted by Gasteiger charge is -2.21. The number of carbonyl (C=O) groups is 2. The number of rotatable bonds is 5. The summed E-state index contributed by atoms with van der Waals surface area (Å²) < 4.78 is 0. The molecule has 0 radical (unpaired) electrons. The molecule has 0 saturated heterocycles. The summed E-state index contributed by atoms with van der Waals surface area (Å²) in [5.41, 5.74) is 1.62. The van der Waals surface area contributed by atoms with Gasteiger partial charge in [0.2, 0.25) is 5.91 Å². The number of nitrogens with zero attached hydrogens (tertiary/aromatic N) is 1. The molecular weight excluding hydrogens is 298 g/mol. The Kier molecular flexibility index (Phi) is 5.27. The van der Waals surface area contributed by atoms with Gasteiger partial charge in [-0.3, -0.25) is 9.59 Å². The van der Waals surface area contributed by atoms with Crippen molar-refractivity contribution in [1.82, 2.24) is 10.3 Å². The molecule has 2 aromatic rings. The van der Waals surface area contributed by atoms with E-state index in [9.17, 15) is 9.59 Å². The Morgan fingerprint density at radius 2 is 1.86 bits per heavy atom. The molecule has 0 fully saturated rings. The zero-order valence-electron chi connectivity index (χ0n) is 12.8. The van der Waals surface area contributed by atoms with Crippen LogP contribution in [0.3, 0.4) is 0 Å². The molecule has 2 N–H and O–H groups in total. The van der Waals surface area contributed by atoms with Crippen molar-refractivity contribution >= 4 is 28.3 Å². The molecule has 0 saturated carbocycles. The molecule has 6 heteroatoms. The number of aromatic nitrogens is 1. The summed E-state index contributed by atoms with van der Waals surface area (Å²) >= 11 is 1.34. The normalized spacial score (nSPS) is 12.0. The van der Waals surface area contributed by atoms with E-state index in [2.05, 4.69) is 15.6 Å². The second-order valence-electron chi connectivity index (χ2n) is 5.39. The Hall–Kier alpha value is -2.21. The number of thiazole rings is 1. The molecule has 0 spiro atoms. The number of nitrogens with one attached hydrogen (secondary N) is 2. The summed E-state index contributed by atoms with van der Waals surface area (Å²) in [5.74, 6) is -0.548. The van der Waals surface area contributed by atoms with E-state index in [0.29, 0.717) is 10.7 Å². The Morgan fingerprint density at radius 1 is 1.18 bits per heavy atom. The van der Waals surface area contributed by atoms with Crippen molar-refractivity contribution in [2.75, 3.05) is 5.32 Å². The van der Waals surface area contributed by atoms with Crippen LogP contribution in [0.5, 0.6) is 0 Å². The Balaban J connectivity index is 2.06. The van der Waals surface area contributed by atoms with Crippen molar-refractivity contribution in [3.05, 3.63) is 47.0 Å². The van der Waals surface area contributed by atoms with Crippen LogP contribution in [-0.4, -0.2) is 22.8 Å². The van der Waals surface area contributed by atoms with Crippen LogP contribution in [-0.2, 0) is 4.79 Å². The van der Waals surface area contributed by atoms with Gasteiger partial charge in [0, 0.05) is 17.1 Å². The summed E-state index contributed by atoms with van der Waals surface area (Å²) in [6.45, 7) is 5.74. The van der Waals surface area contributed by atoms with Gasteiger partial charge in [0.15, 0.2) is 5.13 Å². The van der Waals surface area contributed by atoms with Crippen molar-refractivity contribution in [2.45, 2.75) is 26.8 Å². The third-order valence-corrected chi connectivity index (χ3v) is 3.90. The minimum Gasteiger partial charge on any atom is -0.340 e. The van der Waals surface area contributed by atoms with Gasteiger partial charge < -0.3 is 10.6 Å².